The van der Waals surface area contributed by atoms with Crippen molar-refractivity contribution in [3.05, 3.63) is 47.5 Å². The van der Waals surface area contributed by atoms with Crippen LogP contribution in [0, 0.1) is 0 Å². The highest BCUT2D eigenvalue weighted by molar-refractivity contribution is 5.96. The predicted molar refractivity (Wildman–Crippen MR) is 93.4 cm³/mol. The number of hydrogen-bond acceptors (Lipinski definition) is 6. The topological polar surface area (TPSA) is 95.1 Å². The Morgan fingerprint density at radius 3 is 1.63 bits per heavy atom. The van der Waals surface area contributed by atoms with Gasteiger partial charge < -0.3 is 29.6 Å². The summed E-state index contributed by atoms with van der Waals surface area (Å²) in [7, 11) is 0. The van der Waals surface area contributed by atoms with Crippen LogP contribution in [0.3, 0.4) is 0 Å². The largest absolute Gasteiger partial charge is 0.454 e. The number of rotatable bonds is 6. The second kappa shape index (κ2) is 7.45. The lowest BCUT2D eigenvalue weighted by Gasteiger charge is -2.08. The van der Waals surface area contributed by atoms with Crippen molar-refractivity contribution in [3.63, 3.8) is 0 Å². The van der Waals surface area contributed by atoms with Crippen LogP contribution in [0.4, 0.5) is 0 Å². The van der Waals surface area contributed by atoms with Crippen LogP contribution >= 0.6 is 0 Å². The molecule has 0 radical (unpaired) electrons. The number of fused-ring (bicyclic) bond motifs is 2. The van der Waals surface area contributed by atoms with Crippen molar-refractivity contribution in [2.75, 3.05) is 13.6 Å². The summed E-state index contributed by atoms with van der Waals surface area (Å²) in [5.74, 6) is 1.99. The molecule has 2 aliphatic heterocycles. The summed E-state index contributed by atoms with van der Waals surface area (Å²) in [5.41, 5.74) is 1.74. The lowest BCUT2D eigenvalue weighted by molar-refractivity contribution is -0.129. The van der Waals surface area contributed by atoms with E-state index in [9.17, 15) is 9.59 Å². The zero-order valence-corrected chi connectivity index (χ0v) is 14.4. The van der Waals surface area contributed by atoms with Gasteiger partial charge in [0, 0.05) is 13.1 Å². The minimum Gasteiger partial charge on any atom is -0.454 e. The zero-order valence-electron chi connectivity index (χ0n) is 14.4. The Hall–Kier alpha value is -3.42. The van der Waals surface area contributed by atoms with Crippen LogP contribution in [-0.4, -0.2) is 25.4 Å². The van der Waals surface area contributed by atoms with E-state index in [4.69, 9.17) is 18.9 Å². The summed E-state index contributed by atoms with van der Waals surface area (Å²) in [6.45, 7) is 1.03. The van der Waals surface area contributed by atoms with Gasteiger partial charge in [0.15, 0.2) is 23.0 Å². The lowest BCUT2D eigenvalue weighted by Crippen LogP contribution is -2.31. The van der Waals surface area contributed by atoms with Gasteiger partial charge >= 0.3 is 0 Å². The Morgan fingerprint density at radius 1 is 0.704 bits per heavy atom. The van der Waals surface area contributed by atoms with E-state index in [1.807, 2.05) is 24.3 Å². The van der Waals surface area contributed by atoms with E-state index in [-0.39, 0.29) is 31.8 Å². The van der Waals surface area contributed by atoms with E-state index in [2.05, 4.69) is 10.6 Å². The van der Waals surface area contributed by atoms with Crippen molar-refractivity contribution < 1.29 is 28.5 Å². The van der Waals surface area contributed by atoms with Crippen LogP contribution in [0.1, 0.15) is 17.5 Å². The van der Waals surface area contributed by atoms with Crippen LogP contribution in [0.15, 0.2) is 36.4 Å². The lowest BCUT2D eigenvalue weighted by atomic mass is 10.2. The molecular formula is C19H18N2O6. The zero-order chi connectivity index (χ0) is 18.6. The van der Waals surface area contributed by atoms with Gasteiger partial charge in [0.05, 0.1) is 0 Å². The van der Waals surface area contributed by atoms with Crippen LogP contribution < -0.4 is 29.6 Å². The molecule has 0 spiro atoms. The molecule has 2 amide bonds. The van der Waals surface area contributed by atoms with Crippen molar-refractivity contribution in [3.8, 4) is 23.0 Å². The normalized spacial score (nSPS) is 13.3. The molecule has 2 aliphatic rings. The predicted octanol–water partition coefficient (Wildman–Crippen LogP) is 1.47. The third-order valence-corrected chi connectivity index (χ3v) is 4.17. The molecular weight excluding hydrogens is 352 g/mol. The molecule has 8 heteroatoms. The third-order valence-electron chi connectivity index (χ3n) is 4.17. The summed E-state index contributed by atoms with van der Waals surface area (Å²) in [6.07, 6.45) is -0.241. The van der Waals surface area contributed by atoms with E-state index in [0.29, 0.717) is 36.1 Å². The first-order valence-electron chi connectivity index (χ1n) is 8.48. The standard InChI is InChI=1S/C19H18N2O6/c22-18(20-8-12-1-3-14-16(5-12)26-10-24-14)7-19(23)21-9-13-2-4-15-17(6-13)27-11-25-15/h1-6H,7-11H2,(H,20,22)(H,21,23). The Labute approximate surface area is 155 Å². The number of ether oxygens (including phenoxy) is 4. The number of carbonyl (C=O) groups is 2. The van der Waals surface area contributed by atoms with Crippen molar-refractivity contribution in [2.45, 2.75) is 19.5 Å². The number of nitrogens with one attached hydrogen (secondary N) is 2. The number of carbonyl (C=O) groups excluding carboxylic acids is 2. The van der Waals surface area contributed by atoms with E-state index < -0.39 is 0 Å². The maximum Gasteiger partial charge on any atom is 0.231 e. The van der Waals surface area contributed by atoms with E-state index in [0.717, 1.165) is 11.1 Å². The van der Waals surface area contributed by atoms with Crippen molar-refractivity contribution in [1.82, 2.24) is 10.6 Å². The Morgan fingerprint density at radius 2 is 1.15 bits per heavy atom. The smallest absolute Gasteiger partial charge is 0.231 e. The molecule has 0 aliphatic carbocycles. The summed E-state index contributed by atoms with van der Waals surface area (Å²) >= 11 is 0. The van der Waals surface area contributed by atoms with E-state index in [1.165, 1.54) is 0 Å². The molecule has 0 aromatic heterocycles. The molecule has 0 saturated heterocycles. The molecule has 8 nitrogen and oxygen atoms in total. The van der Waals surface area contributed by atoms with Crippen LogP contribution in [-0.2, 0) is 22.7 Å². The summed E-state index contributed by atoms with van der Waals surface area (Å²) in [5, 5.41) is 5.44. The molecule has 2 N–H and O–H groups in total. The monoisotopic (exact) mass is 370 g/mol. The molecule has 0 atom stereocenters. The molecule has 2 aromatic rings. The summed E-state index contributed by atoms with van der Waals surface area (Å²) in [6, 6.07) is 10.9. The molecule has 0 unspecified atom stereocenters. The molecule has 2 aromatic carbocycles. The first-order valence-corrected chi connectivity index (χ1v) is 8.48. The quantitative estimate of drug-likeness (QED) is 0.748. The highest BCUT2D eigenvalue weighted by Gasteiger charge is 2.15. The van der Waals surface area contributed by atoms with Gasteiger partial charge in [-0.3, -0.25) is 9.59 Å². The second-order valence-electron chi connectivity index (χ2n) is 6.11. The fraction of sp³-hybridized carbons (Fsp3) is 0.263. The van der Waals surface area contributed by atoms with Gasteiger partial charge in [-0.05, 0) is 35.4 Å². The number of hydrogen-bond donors (Lipinski definition) is 2. The maximum atomic E-state index is 12.0. The SMILES string of the molecule is O=C(CC(=O)NCc1ccc2c(c1)OCO2)NCc1ccc2c(c1)OCO2. The van der Waals surface area contributed by atoms with E-state index in [1.54, 1.807) is 12.1 Å². The molecule has 0 fully saturated rings. The minimum atomic E-state index is -0.351. The summed E-state index contributed by atoms with van der Waals surface area (Å²) < 4.78 is 21.1. The number of benzene rings is 2. The fourth-order valence-corrected chi connectivity index (χ4v) is 2.77. The highest BCUT2D eigenvalue weighted by atomic mass is 16.7. The highest BCUT2D eigenvalue weighted by Crippen LogP contribution is 2.33. The van der Waals surface area contributed by atoms with Gasteiger partial charge in [-0.1, -0.05) is 12.1 Å². The van der Waals surface area contributed by atoms with E-state index >= 15 is 0 Å². The van der Waals surface area contributed by atoms with Crippen LogP contribution in [0.5, 0.6) is 23.0 Å². The van der Waals surface area contributed by atoms with Gasteiger partial charge in [-0.2, -0.15) is 0 Å². The first-order chi connectivity index (χ1) is 13.2. The first kappa shape index (κ1) is 17.0. The molecule has 27 heavy (non-hydrogen) atoms. The van der Waals surface area contributed by atoms with Gasteiger partial charge in [0.1, 0.15) is 6.42 Å². The average Bonchev–Trinajstić information content (AvgIpc) is 3.32. The Kier molecular flexibility index (Phi) is 4.69. The molecule has 4 rings (SSSR count). The average molecular weight is 370 g/mol. The summed E-state index contributed by atoms with van der Waals surface area (Å²) in [4.78, 5) is 23.9. The molecule has 0 saturated carbocycles. The molecule has 140 valence electrons. The van der Waals surface area contributed by atoms with Gasteiger partial charge in [0.25, 0.3) is 0 Å². The van der Waals surface area contributed by atoms with Crippen molar-refractivity contribution in [1.29, 1.82) is 0 Å². The maximum absolute atomic E-state index is 12.0. The minimum absolute atomic E-state index is 0.203. The van der Waals surface area contributed by atoms with Crippen molar-refractivity contribution >= 4 is 11.8 Å². The van der Waals surface area contributed by atoms with Gasteiger partial charge in [-0.15, -0.1) is 0 Å². The van der Waals surface area contributed by atoms with Crippen molar-refractivity contribution in [2.24, 2.45) is 0 Å². The Balaban J connectivity index is 1.21. The van der Waals surface area contributed by atoms with Crippen LogP contribution in [0.25, 0.3) is 0 Å². The van der Waals surface area contributed by atoms with Gasteiger partial charge in [-0.25, -0.2) is 0 Å². The van der Waals surface area contributed by atoms with Gasteiger partial charge in [0.2, 0.25) is 25.4 Å². The second-order valence-corrected chi connectivity index (χ2v) is 6.11. The Bertz CT molecular complexity index is 811. The number of amides is 2. The van der Waals surface area contributed by atoms with Crippen LogP contribution in [0.2, 0.25) is 0 Å². The molecule has 0 bridgehead atoms. The molecule has 2 heterocycles. The third kappa shape index (κ3) is 4.05. The fourth-order valence-electron chi connectivity index (χ4n) is 2.77.